The average molecular weight is 460 g/mol. The maximum atomic E-state index is 11.3. The fraction of sp³-hybridized carbons (Fsp3) is 0.250. The van der Waals surface area contributed by atoms with Crippen LogP contribution in [-0.2, 0) is 16.0 Å². The summed E-state index contributed by atoms with van der Waals surface area (Å²) in [6.07, 6.45) is 3.68. The van der Waals surface area contributed by atoms with Gasteiger partial charge in [0.2, 0.25) is 0 Å². The summed E-state index contributed by atoms with van der Waals surface area (Å²) in [4.78, 5) is 13.5. The van der Waals surface area contributed by atoms with Crippen LogP contribution in [0.4, 0.5) is 5.69 Å². The number of para-hydroxylation sites is 1. The van der Waals surface area contributed by atoms with E-state index in [0.717, 1.165) is 39.4 Å². The molecule has 3 aromatic rings. The number of carbonyl (C=O) groups is 1. The van der Waals surface area contributed by atoms with Crippen molar-refractivity contribution in [3.8, 4) is 22.6 Å². The zero-order valence-electron chi connectivity index (χ0n) is 19.4. The Morgan fingerprint density at radius 3 is 2.50 bits per heavy atom. The normalized spacial score (nSPS) is 12.9. The highest BCUT2D eigenvalue weighted by atomic mass is 16.5. The summed E-state index contributed by atoms with van der Waals surface area (Å²) in [7, 11) is 1.68. The number of carboxylic acid groups (broad SMARTS) is 1. The number of methoxy groups -OCH3 is 1. The first-order valence-electron chi connectivity index (χ1n) is 11.4. The number of rotatable bonds is 10. The van der Waals surface area contributed by atoms with Gasteiger partial charge in [0, 0.05) is 30.5 Å². The molecule has 0 aromatic heterocycles. The Bertz CT molecular complexity index is 1160. The highest BCUT2D eigenvalue weighted by Gasteiger charge is 2.18. The van der Waals surface area contributed by atoms with Crippen LogP contribution < -0.4 is 14.4 Å². The number of ether oxygens (including phenoxy) is 3. The van der Waals surface area contributed by atoms with Gasteiger partial charge in [0.05, 0.1) is 13.7 Å². The van der Waals surface area contributed by atoms with Crippen LogP contribution in [-0.4, -0.2) is 44.0 Å². The lowest BCUT2D eigenvalue weighted by molar-refractivity contribution is -0.149. The molecule has 0 amide bonds. The van der Waals surface area contributed by atoms with Crippen molar-refractivity contribution in [2.45, 2.75) is 19.4 Å². The summed E-state index contributed by atoms with van der Waals surface area (Å²) >= 11 is 0. The molecule has 0 saturated heterocycles. The summed E-state index contributed by atoms with van der Waals surface area (Å²) in [5, 5.41) is 9.27. The molecule has 6 nitrogen and oxygen atoms in total. The minimum atomic E-state index is -0.950. The molecular formula is C28H29NO5. The highest BCUT2D eigenvalue weighted by molar-refractivity contribution is 5.88. The largest absolute Gasteiger partial charge is 0.497 e. The minimum absolute atomic E-state index is 0.324. The molecule has 0 spiro atoms. The first-order chi connectivity index (χ1) is 16.6. The zero-order chi connectivity index (χ0) is 23.9. The van der Waals surface area contributed by atoms with Crippen LogP contribution in [0.5, 0.6) is 11.5 Å². The summed E-state index contributed by atoms with van der Waals surface area (Å²) in [6.45, 7) is 3.32. The van der Waals surface area contributed by atoms with E-state index < -0.39 is 12.1 Å². The molecule has 1 N–H and O–H groups in total. The Morgan fingerprint density at radius 2 is 1.76 bits per heavy atom. The second-order valence-corrected chi connectivity index (χ2v) is 7.96. The molecule has 1 unspecified atom stereocenters. The molecule has 0 bridgehead atoms. The smallest absolute Gasteiger partial charge is 0.333 e. The van der Waals surface area contributed by atoms with Crippen LogP contribution in [0, 0.1) is 0 Å². The lowest BCUT2D eigenvalue weighted by atomic mass is 9.98. The summed E-state index contributed by atoms with van der Waals surface area (Å²) in [5.74, 6) is 0.624. The van der Waals surface area contributed by atoms with Gasteiger partial charge < -0.3 is 24.2 Å². The number of anilines is 1. The van der Waals surface area contributed by atoms with Crippen molar-refractivity contribution in [3.05, 3.63) is 84.1 Å². The molecule has 0 fully saturated rings. The maximum Gasteiger partial charge on any atom is 0.333 e. The van der Waals surface area contributed by atoms with Crippen LogP contribution in [0.3, 0.4) is 0 Å². The third kappa shape index (κ3) is 5.41. The maximum absolute atomic E-state index is 11.3. The highest BCUT2D eigenvalue weighted by Crippen LogP contribution is 2.38. The lowest BCUT2D eigenvalue weighted by Gasteiger charge is -2.22. The predicted molar refractivity (Wildman–Crippen MR) is 134 cm³/mol. The van der Waals surface area contributed by atoms with Crippen molar-refractivity contribution in [2.24, 2.45) is 0 Å². The number of carboxylic acids is 1. The van der Waals surface area contributed by atoms with E-state index in [1.54, 1.807) is 14.0 Å². The Hall–Kier alpha value is -3.77. The van der Waals surface area contributed by atoms with Crippen molar-refractivity contribution in [3.63, 3.8) is 0 Å². The van der Waals surface area contributed by atoms with Crippen molar-refractivity contribution in [1.29, 1.82) is 0 Å². The zero-order valence-corrected chi connectivity index (χ0v) is 19.4. The molecule has 4 rings (SSSR count). The van der Waals surface area contributed by atoms with Crippen LogP contribution >= 0.6 is 0 Å². The predicted octanol–water partition coefficient (Wildman–Crippen LogP) is 5.26. The Morgan fingerprint density at radius 1 is 1.00 bits per heavy atom. The van der Waals surface area contributed by atoms with E-state index in [2.05, 4.69) is 41.4 Å². The molecule has 1 aliphatic rings. The molecule has 1 heterocycles. The lowest BCUT2D eigenvalue weighted by Crippen LogP contribution is -2.26. The third-order valence-corrected chi connectivity index (χ3v) is 5.79. The second kappa shape index (κ2) is 10.9. The van der Waals surface area contributed by atoms with Gasteiger partial charge in [-0.2, -0.15) is 0 Å². The van der Waals surface area contributed by atoms with E-state index in [1.807, 2.05) is 42.5 Å². The third-order valence-electron chi connectivity index (χ3n) is 5.79. The van der Waals surface area contributed by atoms with Crippen molar-refractivity contribution in [1.82, 2.24) is 0 Å². The molecule has 0 radical (unpaired) electrons. The minimum Gasteiger partial charge on any atom is -0.497 e. The van der Waals surface area contributed by atoms with Crippen LogP contribution in [0.1, 0.15) is 18.1 Å². The van der Waals surface area contributed by atoms with Crippen LogP contribution in [0.2, 0.25) is 0 Å². The monoisotopic (exact) mass is 459 g/mol. The molecular weight excluding hydrogens is 430 g/mol. The van der Waals surface area contributed by atoms with Gasteiger partial charge in [-0.3, -0.25) is 0 Å². The number of aliphatic carboxylic acids is 1. The Labute approximate surface area is 200 Å². The molecule has 0 saturated carbocycles. The second-order valence-electron chi connectivity index (χ2n) is 7.96. The van der Waals surface area contributed by atoms with E-state index >= 15 is 0 Å². The van der Waals surface area contributed by atoms with Crippen molar-refractivity contribution < 1.29 is 24.1 Å². The standard InChI is InChI=1S/C28H29NO5/c1-3-33-27(28(30)31)18-20-8-11-22(12-9-20)34-17-16-29-15-14-21-10-13-23(32-2)19-25(21)24-6-4-5-7-26(24)29/h4-15,19,27H,3,16-18H2,1-2H3,(H,30,31). The van der Waals surface area contributed by atoms with E-state index in [1.165, 1.54) is 0 Å². The summed E-state index contributed by atoms with van der Waals surface area (Å²) < 4.78 is 16.7. The van der Waals surface area contributed by atoms with Crippen LogP contribution in [0.25, 0.3) is 17.2 Å². The van der Waals surface area contributed by atoms with Crippen molar-refractivity contribution in [2.75, 3.05) is 31.8 Å². The molecule has 1 aliphatic heterocycles. The first-order valence-corrected chi connectivity index (χ1v) is 11.4. The van der Waals surface area contributed by atoms with Gasteiger partial charge in [-0.05, 0) is 60.0 Å². The molecule has 176 valence electrons. The van der Waals surface area contributed by atoms with E-state index in [9.17, 15) is 9.90 Å². The van der Waals surface area contributed by atoms with Crippen molar-refractivity contribution >= 4 is 17.7 Å². The summed E-state index contributed by atoms with van der Waals surface area (Å²) in [6, 6.07) is 21.9. The molecule has 6 heteroatoms. The SMILES string of the molecule is CCOC(Cc1ccc(OCCN2C=Cc3ccc(OC)cc3-c3ccccc32)cc1)C(=O)O. The van der Waals surface area contributed by atoms with Crippen LogP contribution in [0.15, 0.2) is 72.9 Å². The quantitative estimate of drug-likeness (QED) is 0.446. The van der Waals surface area contributed by atoms with Gasteiger partial charge in [0.1, 0.15) is 18.1 Å². The van der Waals surface area contributed by atoms with Gasteiger partial charge in [0.15, 0.2) is 6.10 Å². The van der Waals surface area contributed by atoms with Gasteiger partial charge in [0.25, 0.3) is 0 Å². The number of benzene rings is 3. The van der Waals surface area contributed by atoms with E-state index in [-0.39, 0.29) is 0 Å². The summed E-state index contributed by atoms with van der Waals surface area (Å²) in [5.41, 5.74) is 5.43. The number of hydrogen-bond acceptors (Lipinski definition) is 5. The van der Waals surface area contributed by atoms with Gasteiger partial charge in [-0.1, -0.05) is 36.4 Å². The fourth-order valence-electron chi connectivity index (χ4n) is 4.05. The van der Waals surface area contributed by atoms with E-state index in [4.69, 9.17) is 14.2 Å². The molecule has 0 aliphatic carbocycles. The molecule has 1 atom stereocenters. The van der Waals surface area contributed by atoms with Gasteiger partial charge >= 0.3 is 5.97 Å². The number of hydrogen-bond donors (Lipinski definition) is 1. The molecule has 34 heavy (non-hydrogen) atoms. The molecule has 3 aromatic carbocycles. The number of fused-ring (bicyclic) bond motifs is 3. The average Bonchev–Trinajstić information content (AvgIpc) is 3.01. The Balaban J connectivity index is 1.42. The topological polar surface area (TPSA) is 68.2 Å². The van der Waals surface area contributed by atoms with Gasteiger partial charge in [-0.15, -0.1) is 0 Å². The number of nitrogens with zero attached hydrogens (tertiary/aromatic N) is 1. The van der Waals surface area contributed by atoms with Gasteiger partial charge in [-0.25, -0.2) is 4.79 Å². The van der Waals surface area contributed by atoms with E-state index in [0.29, 0.717) is 26.2 Å². The Kier molecular flexibility index (Phi) is 7.50. The fourth-order valence-corrected chi connectivity index (χ4v) is 4.05. The first kappa shape index (κ1) is 23.4.